The zero-order chi connectivity index (χ0) is 14.9. The minimum absolute atomic E-state index is 0.150. The van der Waals surface area contributed by atoms with Crippen molar-refractivity contribution in [2.75, 3.05) is 0 Å². The normalized spacial score (nSPS) is 12.3. The predicted molar refractivity (Wildman–Crippen MR) is 66.9 cm³/mol. The Bertz CT molecular complexity index is 694. The van der Waals surface area contributed by atoms with E-state index in [2.05, 4.69) is 0 Å². The summed E-state index contributed by atoms with van der Waals surface area (Å²) in [7, 11) is -1.83. The van der Waals surface area contributed by atoms with Crippen LogP contribution in [-0.2, 0) is 16.6 Å². The second-order valence-electron chi connectivity index (χ2n) is 4.06. The van der Waals surface area contributed by atoms with E-state index >= 15 is 0 Å². The highest BCUT2D eigenvalue weighted by atomic mass is 32.2. The van der Waals surface area contributed by atoms with Crippen molar-refractivity contribution in [2.45, 2.75) is 17.6 Å². The van der Waals surface area contributed by atoms with Gasteiger partial charge in [-0.3, -0.25) is 4.21 Å². The summed E-state index contributed by atoms with van der Waals surface area (Å²) in [6.07, 6.45) is 0. The van der Waals surface area contributed by atoms with Crippen LogP contribution in [-0.4, -0.2) is 15.3 Å². The molecule has 0 radical (unpaired) electrons. The molecule has 0 spiro atoms. The lowest BCUT2D eigenvalue weighted by molar-refractivity contribution is 0.0661. The molecule has 7 heteroatoms. The molecule has 2 aromatic rings. The summed E-state index contributed by atoms with van der Waals surface area (Å²) < 4.78 is 43.5. The average molecular weight is 300 g/mol. The van der Waals surface area contributed by atoms with Gasteiger partial charge in [0.05, 0.1) is 21.4 Å². The number of benzene rings is 1. The van der Waals surface area contributed by atoms with E-state index in [4.69, 9.17) is 9.52 Å². The number of aryl methyl sites for hydroxylation is 1. The fraction of sp³-hybridized carbons (Fsp3) is 0.154. The Hall–Kier alpha value is -2.02. The standard InChI is InChI=1S/C13H10F2O4S/c1-7-8(4-11(19-7)13(16)17)6-20(18)12-5-9(14)2-3-10(12)15/h2-5H,6H2,1H3,(H,16,17). The van der Waals surface area contributed by atoms with Crippen LogP contribution in [0.4, 0.5) is 8.78 Å². The van der Waals surface area contributed by atoms with Gasteiger partial charge in [-0.15, -0.1) is 0 Å². The second-order valence-corrected chi connectivity index (χ2v) is 5.48. The average Bonchev–Trinajstić information content (AvgIpc) is 2.74. The molecule has 0 saturated heterocycles. The van der Waals surface area contributed by atoms with E-state index in [9.17, 15) is 17.8 Å². The lowest BCUT2D eigenvalue weighted by Crippen LogP contribution is -2.00. The first-order valence-corrected chi connectivity index (χ1v) is 6.86. The van der Waals surface area contributed by atoms with Crippen LogP contribution < -0.4 is 0 Å². The third-order valence-corrected chi connectivity index (χ3v) is 4.03. The third kappa shape index (κ3) is 2.93. The van der Waals surface area contributed by atoms with Gasteiger partial charge in [0, 0.05) is 5.56 Å². The van der Waals surface area contributed by atoms with E-state index in [0.717, 1.165) is 18.2 Å². The van der Waals surface area contributed by atoms with E-state index in [-0.39, 0.29) is 22.2 Å². The van der Waals surface area contributed by atoms with E-state index in [0.29, 0.717) is 5.56 Å². The van der Waals surface area contributed by atoms with Gasteiger partial charge >= 0.3 is 5.97 Å². The Morgan fingerprint density at radius 3 is 2.65 bits per heavy atom. The van der Waals surface area contributed by atoms with Gasteiger partial charge in [-0.25, -0.2) is 13.6 Å². The van der Waals surface area contributed by atoms with E-state index in [1.165, 1.54) is 13.0 Å². The molecule has 1 aromatic heterocycles. The molecule has 0 aliphatic heterocycles. The lowest BCUT2D eigenvalue weighted by Gasteiger charge is -2.03. The maximum Gasteiger partial charge on any atom is 0.371 e. The number of carboxylic acid groups (broad SMARTS) is 1. The molecule has 4 nitrogen and oxygen atoms in total. The Labute approximate surface area is 115 Å². The van der Waals surface area contributed by atoms with Crippen molar-refractivity contribution in [2.24, 2.45) is 0 Å². The van der Waals surface area contributed by atoms with Gasteiger partial charge in [-0.05, 0) is 31.2 Å². The molecule has 0 aliphatic carbocycles. The van der Waals surface area contributed by atoms with Crippen LogP contribution in [0.3, 0.4) is 0 Å². The molecule has 2 rings (SSSR count). The van der Waals surface area contributed by atoms with Crippen LogP contribution in [0.15, 0.2) is 33.6 Å². The molecule has 20 heavy (non-hydrogen) atoms. The quantitative estimate of drug-likeness (QED) is 0.942. The van der Waals surface area contributed by atoms with Crippen molar-refractivity contribution in [3.8, 4) is 0 Å². The molecule has 1 unspecified atom stereocenters. The fourth-order valence-corrected chi connectivity index (χ4v) is 2.89. The number of aromatic carboxylic acids is 1. The summed E-state index contributed by atoms with van der Waals surface area (Å²) in [6, 6.07) is 3.92. The highest BCUT2D eigenvalue weighted by Gasteiger charge is 2.18. The summed E-state index contributed by atoms with van der Waals surface area (Å²) in [5, 5.41) is 8.78. The molecule has 1 heterocycles. The summed E-state index contributed by atoms with van der Waals surface area (Å²) in [5.41, 5.74) is 0.379. The van der Waals surface area contributed by atoms with Crippen LogP contribution in [0.1, 0.15) is 21.9 Å². The number of hydrogen-bond donors (Lipinski definition) is 1. The molecule has 0 aliphatic rings. The Kier molecular flexibility index (Phi) is 3.99. The van der Waals surface area contributed by atoms with Crippen molar-refractivity contribution in [1.29, 1.82) is 0 Å². The monoisotopic (exact) mass is 300 g/mol. The maximum atomic E-state index is 13.5. The van der Waals surface area contributed by atoms with Crippen LogP contribution in [0.25, 0.3) is 0 Å². The minimum Gasteiger partial charge on any atom is -0.475 e. The van der Waals surface area contributed by atoms with Crippen LogP contribution >= 0.6 is 0 Å². The van der Waals surface area contributed by atoms with Gasteiger partial charge in [-0.2, -0.15) is 0 Å². The highest BCUT2D eigenvalue weighted by Crippen LogP contribution is 2.21. The zero-order valence-corrected chi connectivity index (χ0v) is 11.2. The summed E-state index contributed by atoms with van der Waals surface area (Å²) in [5.74, 6) is -2.86. The molecular formula is C13H10F2O4S. The van der Waals surface area contributed by atoms with Crippen molar-refractivity contribution in [1.82, 2.24) is 0 Å². The lowest BCUT2D eigenvalue weighted by atomic mass is 10.3. The number of rotatable bonds is 4. The maximum absolute atomic E-state index is 13.5. The number of halogens is 2. The second kappa shape index (κ2) is 5.54. The molecular weight excluding hydrogens is 290 g/mol. The van der Waals surface area contributed by atoms with Gasteiger partial charge in [0.15, 0.2) is 0 Å². The van der Waals surface area contributed by atoms with Crippen LogP contribution in [0.2, 0.25) is 0 Å². The van der Waals surface area contributed by atoms with Gasteiger partial charge in [0.2, 0.25) is 5.76 Å². The topological polar surface area (TPSA) is 67.5 Å². The summed E-state index contributed by atoms with van der Waals surface area (Å²) >= 11 is 0. The van der Waals surface area contributed by atoms with Crippen molar-refractivity contribution >= 4 is 16.8 Å². The van der Waals surface area contributed by atoms with Gasteiger partial charge < -0.3 is 9.52 Å². The van der Waals surface area contributed by atoms with E-state index in [1.54, 1.807) is 0 Å². The van der Waals surface area contributed by atoms with Crippen LogP contribution in [0, 0.1) is 18.6 Å². The van der Waals surface area contributed by atoms with E-state index < -0.39 is 28.4 Å². The predicted octanol–water partition coefficient (Wildman–Crippen LogP) is 2.87. The van der Waals surface area contributed by atoms with Crippen molar-refractivity contribution in [3.63, 3.8) is 0 Å². The fourth-order valence-electron chi connectivity index (χ4n) is 1.64. The smallest absolute Gasteiger partial charge is 0.371 e. The van der Waals surface area contributed by atoms with Gasteiger partial charge in [0.25, 0.3) is 0 Å². The summed E-state index contributed by atoms with van der Waals surface area (Å²) in [4.78, 5) is 10.5. The number of furan rings is 1. The molecule has 0 saturated carbocycles. The third-order valence-electron chi connectivity index (χ3n) is 2.66. The number of hydrogen-bond acceptors (Lipinski definition) is 3. The first-order chi connectivity index (χ1) is 9.38. The van der Waals surface area contributed by atoms with Crippen LogP contribution in [0.5, 0.6) is 0 Å². The van der Waals surface area contributed by atoms with Crippen molar-refractivity contribution < 1.29 is 27.3 Å². The van der Waals surface area contributed by atoms with E-state index in [1.807, 2.05) is 0 Å². The zero-order valence-electron chi connectivity index (χ0n) is 10.4. The SMILES string of the molecule is Cc1oc(C(=O)O)cc1CS(=O)c1cc(F)ccc1F. The summed E-state index contributed by atoms with van der Waals surface area (Å²) in [6.45, 7) is 1.51. The Morgan fingerprint density at radius 2 is 2.05 bits per heavy atom. The first kappa shape index (κ1) is 14.4. The molecule has 1 aromatic carbocycles. The molecule has 0 fully saturated rings. The number of carboxylic acids is 1. The molecule has 0 bridgehead atoms. The minimum atomic E-state index is -1.83. The molecule has 106 valence electrons. The molecule has 1 atom stereocenters. The largest absolute Gasteiger partial charge is 0.475 e. The highest BCUT2D eigenvalue weighted by molar-refractivity contribution is 7.84. The first-order valence-electron chi connectivity index (χ1n) is 5.54. The number of carbonyl (C=O) groups is 1. The van der Waals surface area contributed by atoms with Gasteiger partial charge in [-0.1, -0.05) is 0 Å². The Balaban J connectivity index is 2.28. The molecule has 0 amide bonds. The Morgan fingerprint density at radius 1 is 1.35 bits per heavy atom. The van der Waals surface area contributed by atoms with Gasteiger partial charge in [0.1, 0.15) is 17.4 Å². The van der Waals surface area contributed by atoms with Crippen molar-refractivity contribution in [3.05, 3.63) is 53.0 Å². The molecule has 1 N–H and O–H groups in total.